The fourth-order valence-corrected chi connectivity index (χ4v) is 2.34. The number of hydrogen-bond acceptors (Lipinski definition) is 3. The summed E-state index contributed by atoms with van der Waals surface area (Å²) >= 11 is 0. The van der Waals surface area contributed by atoms with Crippen LogP contribution < -0.4 is 5.73 Å². The maximum atomic E-state index is 5.90. The van der Waals surface area contributed by atoms with Crippen LogP contribution in [0.25, 0.3) is 5.65 Å². The summed E-state index contributed by atoms with van der Waals surface area (Å²) in [5.74, 6) is 0. The zero-order valence-electron chi connectivity index (χ0n) is 9.21. The smallest absolute Gasteiger partial charge is 0.136 e. The fourth-order valence-electron chi connectivity index (χ4n) is 2.34. The Balaban J connectivity index is 1.84. The van der Waals surface area contributed by atoms with Crippen LogP contribution in [0.3, 0.4) is 0 Å². The highest BCUT2D eigenvalue weighted by Crippen LogP contribution is 2.13. The van der Waals surface area contributed by atoms with Crippen LogP contribution in [0.5, 0.6) is 0 Å². The number of pyridine rings is 1. The lowest BCUT2D eigenvalue weighted by molar-refractivity contribution is 0.322. The summed E-state index contributed by atoms with van der Waals surface area (Å²) in [6, 6.07) is 6.42. The van der Waals surface area contributed by atoms with Gasteiger partial charge in [0.15, 0.2) is 0 Å². The van der Waals surface area contributed by atoms with Crippen LogP contribution in [0.2, 0.25) is 0 Å². The summed E-state index contributed by atoms with van der Waals surface area (Å²) in [6.07, 6.45) is 5.13. The van der Waals surface area contributed by atoms with E-state index in [0.29, 0.717) is 6.04 Å². The van der Waals surface area contributed by atoms with E-state index in [-0.39, 0.29) is 0 Å². The van der Waals surface area contributed by atoms with E-state index >= 15 is 0 Å². The van der Waals surface area contributed by atoms with Crippen LogP contribution in [0.4, 0.5) is 0 Å². The zero-order valence-corrected chi connectivity index (χ0v) is 9.21. The SMILES string of the molecule is N[C@H]1CCN(Cc2cnc3ccccn23)C1. The molecular weight excluding hydrogens is 200 g/mol. The molecule has 0 aliphatic carbocycles. The summed E-state index contributed by atoms with van der Waals surface area (Å²) in [5.41, 5.74) is 8.16. The van der Waals surface area contributed by atoms with E-state index in [1.54, 1.807) is 0 Å². The van der Waals surface area contributed by atoms with Gasteiger partial charge < -0.3 is 10.1 Å². The molecule has 0 bridgehead atoms. The number of rotatable bonds is 2. The highest BCUT2D eigenvalue weighted by Gasteiger charge is 2.19. The minimum atomic E-state index is 0.346. The molecule has 16 heavy (non-hydrogen) atoms. The zero-order chi connectivity index (χ0) is 11.0. The highest BCUT2D eigenvalue weighted by molar-refractivity contribution is 5.39. The van der Waals surface area contributed by atoms with Gasteiger partial charge >= 0.3 is 0 Å². The fraction of sp³-hybridized carbons (Fsp3) is 0.417. The van der Waals surface area contributed by atoms with E-state index < -0.39 is 0 Å². The van der Waals surface area contributed by atoms with Gasteiger partial charge in [-0.2, -0.15) is 0 Å². The molecule has 84 valence electrons. The number of aromatic nitrogens is 2. The van der Waals surface area contributed by atoms with Crippen molar-refractivity contribution in [3.05, 3.63) is 36.3 Å². The summed E-state index contributed by atoms with van der Waals surface area (Å²) in [4.78, 5) is 6.77. The first-order valence-corrected chi connectivity index (χ1v) is 5.72. The Morgan fingerprint density at radius 3 is 3.19 bits per heavy atom. The summed E-state index contributed by atoms with van der Waals surface area (Å²) in [5, 5.41) is 0. The Bertz CT molecular complexity index is 490. The Hall–Kier alpha value is -1.39. The minimum Gasteiger partial charge on any atom is -0.326 e. The van der Waals surface area contributed by atoms with E-state index in [1.807, 2.05) is 24.4 Å². The molecular formula is C12H16N4. The van der Waals surface area contributed by atoms with Crippen molar-refractivity contribution in [1.29, 1.82) is 0 Å². The topological polar surface area (TPSA) is 46.6 Å². The second-order valence-corrected chi connectivity index (χ2v) is 4.46. The predicted octanol–water partition coefficient (Wildman–Crippen LogP) is 0.867. The van der Waals surface area contributed by atoms with Gasteiger partial charge in [0, 0.05) is 31.9 Å². The molecule has 4 heteroatoms. The van der Waals surface area contributed by atoms with Crippen molar-refractivity contribution in [2.45, 2.75) is 19.0 Å². The van der Waals surface area contributed by atoms with Gasteiger partial charge in [0.25, 0.3) is 0 Å². The van der Waals surface area contributed by atoms with Gasteiger partial charge in [0.05, 0.1) is 11.9 Å². The number of hydrogen-bond donors (Lipinski definition) is 1. The second kappa shape index (κ2) is 3.88. The van der Waals surface area contributed by atoms with Crippen molar-refractivity contribution < 1.29 is 0 Å². The van der Waals surface area contributed by atoms with Gasteiger partial charge in [-0.25, -0.2) is 4.98 Å². The maximum absolute atomic E-state index is 5.90. The molecule has 0 aromatic carbocycles. The normalized spacial score (nSPS) is 21.9. The molecule has 0 saturated carbocycles. The number of likely N-dealkylation sites (tertiary alicyclic amines) is 1. The molecule has 0 radical (unpaired) electrons. The van der Waals surface area contributed by atoms with Gasteiger partial charge in [-0.05, 0) is 18.6 Å². The maximum Gasteiger partial charge on any atom is 0.136 e. The molecule has 1 fully saturated rings. The molecule has 2 aromatic heterocycles. The molecule has 3 rings (SSSR count). The largest absolute Gasteiger partial charge is 0.326 e. The van der Waals surface area contributed by atoms with Crippen LogP contribution >= 0.6 is 0 Å². The van der Waals surface area contributed by atoms with E-state index in [4.69, 9.17) is 5.73 Å². The Morgan fingerprint density at radius 1 is 1.44 bits per heavy atom. The van der Waals surface area contributed by atoms with Crippen LogP contribution in [0.1, 0.15) is 12.1 Å². The van der Waals surface area contributed by atoms with Gasteiger partial charge in [-0.1, -0.05) is 6.07 Å². The van der Waals surface area contributed by atoms with Crippen LogP contribution in [0, 0.1) is 0 Å². The number of nitrogens with two attached hydrogens (primary N) is 1. The molecule has 0 unspecified atom stereocenters. The Labute approximate surface area is 94.7 Å². The van der Waals surface area contributed by atoms with E-state index in [1.165, 1.54) is 5.69 Å². The molecule has 2 aromatic rings. The van der Waals surface area contributed by atoms with Crippen molar-refractivity contribution >= 4 is 5.65 Å². The van der Waals surface area contributed by atoms with Crippen LogP contribution in [-0.4, -0.2) is 33.4 Å². The van der Waals surface area contributed by atoms with Crippen LogP contribution in [0.15, 0.2) is 30.6 Å². The van der Waals surface area contributed by atoms with Crippen molar-refractivity contribution in [3.8, 4) is 0 Å². The summed E-state index contributed by atoms with van der Waals surface area (Å²) in [6.45, 7) is 3.04. The third-order valence-corrected chi connectivity index (χ3v) is 3.19. The van der Waals surface area contributed by atoms with Gasteiger partial charge in [-0.15, -0.1) is 0 Å². The molecule has 3 heterocycles. The highest BCUT2D eigenvalue weighted by atomic mass is 15.2. The molecule has 2 N–H and O–H groups in total. The predicted molar refractivity (Wildman–Crippen MR) is 63.1 cm³/mol. The lowest BCUT2D eigenvalue weighted by atomic mass is 10.3. The van der Waals surface area contributed by atoms with Crippen molar-refractivity contribution in [3.63, 3.8) is 0 Å². The Kier molecular flexibility index (Phi) is 2.38. The molecule has 0 spiro atoms. The average Bonchev–Trinajstić information content (AvgIpc) is 2.87. The molecule has 0 amide bonds. The monoisotopic (exact) mass is 216 g/mol. The molecule has 1 atom stereocenters. The Morgan fingerprint density at radius 2 is 2.38 bits per heavy atom. The van der Waals surface area contributed by atoms with E-state index in [2.05, 4.69) is 20.5 Å². The minimum absolute atomic E-state index is 0.346. The lowest BCUT2D eigenvalue weighted by Crippen LogP contribution is -2.26. The first-order chi connectivity index (χ1) is 7.83. The number of imidazole rings is 1. The number of nitrogens with zero attached hydrogens (tertiary/aromatic N) is 3. The average molecular weight is 216 g/mol. The quantitative estimate of drug-likeness (QED) is 0.810. The lowest BCUT2D eigenvalue weighted by Gasteiger charge is -2.14. The molecule has 1 aliphatic heterocycles. The summed E-state index contributed by atoms with van der Waals surface area (Å²) < 4.78 is 2.14. The first-order valence-electron chi connectivity index (χ1n) is 5.72. The third-order valence-electron chi connectivity index (χ3n) is 3.19. The first kappa shape index (κ1) is 9.81. The van der Waals surface area contributed by atoms with Crippen molar-refractivity contribution in [2.24, 2.45) is 5.73 Å². The van der Waals surface area contributed by atoms with Crippen molar-refractivity contribution in [2.75, 3.05) is 13.1 Å². The van der Waals surface area contributed by atoms with Gasteiger partial charge in [0.2, 0.25) is 0 Å². The van der Waals surface area contributed by atoms with Gasteiger partial charge in [-0.3, -0.25) is 4.90 Å². The second-order valence-electron chi connectivity index (χ2n) is 4.46. The number of fused-ring (bicyclic) bond motifs is 1. The summed E-state index contributed by atoms with van der Waals surface area (Å²) in [7, 11) is 0. The van der Waals surface area contributed by atoms with E-state index in [9.17, 15) is 0 Å². The molecule has 4 nitrogen and oxygen atoms in total. The van der Waals surface area contributed by atoms with Crippen LogP contribution in [-0.2, 0) is 6.54 Å². The van der Waals surface area contributed by atoms with Crippen molar-refractivity contribution in [1.82, 2.24) is 14.3 Å². The van der Waals surface area contributed by atoms with Gasteiger partial charge in [0.1, 0.15) is 5.65 Å². The third kappa shape index (κ3) is 1.70. The molecule has 1 saturated heterocycles. The standard InChI is InChI=1S/C12H16N4/c13-10-4-6-15(8-10)9-11-7-14-12-3-1-2-5-16(11)12/h1-3,5,7,10H,4,6,8-9,13H2/t10-/m0/s1. The molecule has 1 aliphatic rings. The van der Waals surface area contributed by atoms with E-state index in [0.717, 1.165) is 31.7 Å².